The molecule has 0 bridgehead atoms. The van der Waals surface area contributed by atoms with Gasteiger partial charge < -0.3 is 9.84 Å². The van der Waals surface area contributed by atoms with Gasteiger partial charge in [0, 0.05) is 5.92 Å². The van der Waals surface area contributed by atoms with E-state index >= 15 is 0 Å². The maximum absolute atomic E-state index is 13.3. The van der Waals surface area contributed by atoms with Crippen LogP contribution in [0.15, 0.2) is 6.33 Å². The van der Waals surface area contributed by atoms with E-state index in [0.717, 1.165) is 45.1 Å². The van der Waals surface area contributed by atoms with Gasteiger partial charge in [0.05, 0.1) is 18.3 Å². The number of hydrogen-bond acceptors (Lipinski definition) is 6. The lowest BCUT2D eigenvalue weighted by molar-refractivity contribution is -0.183. The van der Waals surface area contributed by atoms with Crippen molar-refractivity contribution < 1.29 is 14.6 Å². The summed E-state index contributed by atoms with van der Waals surface area (Å²) in [4.78, 5) is 13.3. The number of nitrogens with zero attached hydrogens (tertiary/aromatic N) is 4. The Morgan fingerprint density at radius 3 is 2.67 bits per heavy atom. The molecule has 0 amide bonds. The van der Waals surface area contributed by atoms with Gasteiger partial charge in [0.25, 0.3) is 0 Å². The fourth-order valence-corrected chi connectivity index (χ4v) is 8.89. The van der Waals surface area contributed by atoms with Gasteiger partial charge in [0.1, 0.15) is 12.9 Å². The quantitative estimate of drug-likeness (QED) is 0.691. The highest BCUT2D eigenvalue weighted by Gasteiger charge is 2.63. The van der Waals surface area contributed by atoms with Crippen molar-refractivity contribution in [3.8, 4) is 0 Å². The molecule has 0 unspecified atom stereocenters. The molecule has 7 nitrogen and oxygen atoms in total. The highest BCUT2D eigenvalue weighted by molar-refractivity contribution is 5.82. The molecule has 4 aliphatic carbocycles. The van der Waals surface area contributed by atoms with Crippen LogP contribution < -0.4 is 0 Å². The molecule has 0 radical (unpaired) electrons. The van der Waals surface area contributed by atoms with Crippen molar-refractivity contribution in [1.29, 1.82) is 0 Å². The fourth-order valence-electron chi connectivity index (χ4n) is 8.89. The second-order valence-electron chi connectivity index (χ2n) is 12.6. The molecule has 1 N–H and O–H groups in total. The molecule has 0 spiro atoms. The predicted octanol–water partition coefficient (Wildman–Crippen LogP) is 4.06. The number of fused-ring (bicyclic) bond motifs is 5. The van der Waals surface area contributed by atoms with Crippen molar-refractivity contribution in [1.82, 2.24) is 20.2 Å². The smallest absolute Gasteiger partial charge is 0.158 e. The van der Waals surface area contributed by atoms with E-state index in [-0.39, 0.29) is 29.4 Å². The van der Waals surface area contributed by atoms with Crippen molar-refractivity contribution in [2.75, 3.05) is 6.61 Å². The zero-order chi connectivity index (χ0) is 23.4. The molecule has 4 saturated carbocycles. The van der Waals surface area contributed by atoms with Gasteiger partial charge in [-0.25, -0.2) is 4.68 Å². The monoisotopic (exact) mass is 458 g/mol. The molecule has 0 aliphatic heterocycles. The first-order valence-electron chi connectivity index (χ1n) is 13.2. The number of aliphatic hydroxyl groups is 1. The Kier molecular flexibility index (Phi) is 5.96. The van der Waals surface area contributed by atoms with E-state index < -0.39 is 5.60 Å². The second-order valence-corrected chi connectivity index (χ2v) is 12.6. The van der Waals surface area contributed by atoms with Gasteiger partial charge in [-0.1, -0.05) is 6.92 Å². The average molecular weight is 459 g/mol. The fraction of sp³-hybridized carbons (Fsp3) is 0.923. The van der Waals surface area contributed by atoms with Crippen molar-refractivity contribution in [2.45, 2.75) is 104 Å². The van der Waals surface area contributed by atoms with Crippen molar-refractivity contribution >= 4 is 5.78 Å². The minimum atomic E-state index is -0.539. The summed E-state index contributed by atoms with van der Waals surface area (Å²) in [6.45, 7) is 9.83. The van der Waals surface area contributed by atoms with Crippen molar-refractivity contribution in [3.63, 3.8) is 0 Å². The second kappa shape index (κ2) is 8.40. The third-order valence-corrected chi connectivity index (χ3v) is 10.4. The van der Waals surface area contributed by atoms with Gasteiger partial charge in [-0.3, -0.25) is 4.79 Å². The van der Waals surface area contributed by atoms with Crippen LogP contribution in [0, 0.1) is 40.4 Å². The molecule has 4 aliphatic rings. The molecule has 4 fully saturated rings. The van der Waals surface area contributed by atoms with E-state index in [1.165, 1.54) is 19.3 Å². The molecular formula is C26H42N4O3. The van der Waals surface area contributed by atoms with E-state index in [2.05, 4.69) is 36.3 Å². The zero-order valence-electron chi connectivity index (χ0n) is 20.9. The summed E-state index contributed by atoms with van der Waals surface area (Å²) in [5.41, 5.74) is -0.270. The first-order valence-corrected chi connectivity index (χ1v) is 13.2. The van der Waals surface area contributed by atoms with Crippen LogP contribution in [-0.4, -0.2) is 49.4 Å². The molecule has 8 atom stereocenters. The van der Waals surface area contributed by atoms with Gasteiger partial charge in [-0.2, -0.15) is 0 Å². The SMILES string of the molecule is CC(C)OC[C@]12CC[C@@](C)(O)C[C@H]1CC[C@H]1[C@@H]3CC[C@H](C(=O)Cn4cnnn4)[C@@]3(C)CC[C@@H]12. The first kappa shape index (κ1) is 23.4. The molecule has 184 valence electrons. The van der Waals surface area contributed by atoms with Crippen LogP contribution in [-0.2, 0) is 16.1 Å². The Bertz CT molecular complexity index is 852. The van der Waals surface area contributed by atoms with Crippen LogP contribution in [0.2, 0.25) is 0 Å². The van der Waals surface area contributed by atoms with Crippen LogP contribution in [0.5, 0.6) is 0 Å². The maximum Gasteiger partial charge on any atom is 0.158 e. The maximum atomic E-state index is 13.3. The topological polar surface area (TPSA) is 90.1 Å². The normalized spacial score (nSPS) is 44.8. The van der Waals surface area contributed by atoms with E-state index in [9.17, 15) is 9.90 Å². The zero-order valence-corrected chi connectivity index (χ0v) is 20.9. The summed E-state index contributed by atoms with van der Waals surface area (Å²) in [5.74, 6) is 2.89. The van der Waals surface area contributed by atoms with Gasteiger partial charge in [0.2, 0.25) is 0 Å². The first-order chi connectivity index (χ1) is 15.6. The number of tetrazole rings is 1. The van der Waals surface area contributed by atoms with Crippen LogP contribution in [0.4, 0.5) is 0 Å². The number of ether oxygens (including phenoxy) is 1. The van der Waals surface area contributed by atoms with Gasteiger partial charge in [-0.15, -0.1) is 5.10 Å². The Labute approximate surface area is 198 Å². The number of Topliss-reactive ketones (excluding diaryl/α,β-unsaturated/α-hetero) is 1. The Hall–Kier alpha value is -1.34. The highest BCUT2D eigenvalue weighted by atomic mass is 16.5. The summed E-state index contributed by atoms with van der Waals surface area (Å²) >= 11 is 0. The number of carbonyl (C=O) groups excluding carboxylic acids is 1. The molecular weight excluding hydrogens is 416 g/mol. The van der Waals surface area contributed by atoms with E-state index in [1.54, 1.807) is 11.0 Å². The number of aromatic nitrogens is 4. The summed E-state index contributed by atoms with van der Waals surface area (Å²) in [6, 6.07) is 0. The highest BCUT2D eigenvalue weighted by Crippen LogP contribution is 2.68. The van der Waals surface area contributed by atoms with E-state index in [4.69, 9.17) is 4.74 Å². The number of hydrogen-bond donors (Lipinski definition) is 1. The third kappa shape index (κ3) is 3.97. The lowest BCUT2D eigenvalue weighted by Crippen LogP contribution is -2.58. The van der Waals surface area contributed by atoms with Crippen LogP contribution in [0.25, 0.3) is 0 Å². The molecule has 1 heterocycles. The van der Waals surface area contributed by atoms with Crippen molar-refractivity contribution in [3.05, 3.63) is 6.33 Å². The predicted molar refractivity (Wildman–Crippen MR) is 124 cm³/mol. The number of rotatable bonds is 6. The van der Waals surface area contributed by atoms with Gasteiger partial charge >= 0.3 is 0 Å². The summed E-state index contributed by atoms with van der Waals surface area (Å²) in [5, 5.41) is 22.2. The average Bonchev–Trinajstić information content (AvgIpc) is 3.38. The summed E-state index contributed by atoms with van der Waals surface area (Å²) < 4.78 is 7.93. The molecule has 7 heteroatoms. The lowest BCUT2D eigenvalue weighted by atomic mass is 9.43. The Morgan fingerprint density at radius 1 is 1.12 bits per heavy atom. The number of ketones is 1. The van der Waals surface area contributed by atoms with Gasteiger partial charge in [0.15, 0.2) is 5.78 Å². The van der Waals surface area contributed by atoms with Gasteiger partial charge in [-0.05, 0) is 123 Å². The van der Waals surface area contributed by atoms with Crippen LogP contribution >= 0.6 is 0 Å². The molecule has 1 aromatic heterocycles. The van der Waals surface area contributed by atoms with Crippen LogP contribution in [0.1, 0.15) is 85.5 Å². The van der Waals surface area contributed by atoms with Crippen molar-refractivity contribution in [2.24, 2.45) is 40.4 Å². The van der Waals surface area contributed by atoms with E-state index in [0.29, 0.717) is 29.5 Å². The minimum absolute atomic E-state index is 0.0827. The summed E-state index contributed by atoms with van der Waals surface area (Å²) in [6.07, 6.45) is 11.5. The Balaban J connectivity index is 1.39. The molecule has 1 aromatic rings. The lowest BCUT2D eigenvalue weighted by Gasteiger charge is -2.62. The third-order valence-electron chi connectivity index (χ3n) is 10.4. The summed E-state index contributed by atoms with van der Waals surface area (Å²) in [7, 11) is 0. The van der Waals surface area contributed by atoms with E-state index in [1.807, 2.05) is 6.92 Å². The molecule has 0 aromatic carbocycles. The molecule has 33 heavy (non-hydrogen) atoms. The number of carbonyl (C=O) groups is 1. The molecule has 0 saturated heterocycles. The standard InChI is InChI=1S/C26H42N4O3/c1-17(2)33-15-26-12-11-24(3,32)13-18(26)5-6-19-20-7-8-22(25(20,4)10-9-21(19)26)23(31)14-30-16-27-28-29-30/h16-22,32H,5-15H2,1-4H3/t18-,19+,20+,21+,22-,24-,25+,26-/m1/s1. The Morgan fingerprint density at radius 2 is 1.94 bits per heavy atom. The molecule has 5 rings (SSSR count). The minimum Gasteiger partial charge on any atom is -0.390 e. The van der Waals surface area contributed by atoms with Crippen LogP contribution in [0.3, 0.4) is 0 Å². The largest absolute Gasteiger partial charge is 0.390 e.